The fourth-order valence-electron chi connectivity index (χ4n) is 2.66. The number of aromatic amines is 1. The standard InChI is InChI=1S/C21H20BrN3O3/c1-14-12-20(27)25-21(23-14)15-6-4-7-16(13-15)24-19(26)10-5-11-28-18-9-3-2-8-17(18)22/h2-4,6-9,12-13H,5,10-11H2,1H3,(H,24,26)(H,23,25,27). The lowest BCUT2D eigenvalue weighted by Crippen LogP contribution is -2.13. The molecule has 0 aliphatic heterocycles. The highest BCUT2D eigenvalue weighted by Gasteiger charge is 2.07. The molecule has 1 amide bonds. The number of hydrogen-bond acceptors (Lipinski definition) is 4. The molecular weight excluding hydrogens is 422 g/mol. The van der Waals surface area contributed by atoms with Crippen molar-refractivity contribution in [2.24, 2.45) is 0 Å². The highest BCUT2D eigenvalue weighted by molar-refractivity contribution is 9.10. The lowest BCUT2D eigenvalue weighted by atomic mass is 10.1. The summed E-state index contributed by atoms with van der Waals surface area (Å²) in [6, 6.07) is 16.3. The summed E-state index contributed by atoms with van der Waals surface area (Å²) >= 11 is 3.42. The molecule has 0 unspecified atom stereocenters. The Bertz CT molecular complexity index is 1030. The first-order valence-corrected chi connectivity index (χ1v) is 9.66. The van der Waals surface area contributed by atoms with Gasteiger partial charge in [0, 0.05) is 29.4 Å². The summed E-state index contributed by atoms with van der Waals surface area (Å²) < 4.78 is 6.56. The predicted octanol–water partition coefficient (Wildman–Crippen LogP) is 4.31. The number of halogens is 1. The summed E-state index contributed by atoms with van der Waals surface area (Å²) in [5.74, 6) is 1.14. The van der Waals surface area contributed by atoms with Crippen molar-refractivity contribution in [2.45, 2.75) is 19.8 Å². The van der Waals surface area contributed by atoms with Gasteiger partial charge in [-0.15, -0.1) is 0 Å². The number of benzene rings is 2. The number of anilines is 1. The number of para-hydroxylation sites is 1. The van der Waals surface area contributed by atoms with Crippen LogP contribution in [0.1, 0.15) is 18.5 Å². The van der Waals surface area contributed by atoms with E-state index in [1.165, 1.54) is 6.07 Å². The van der Waals surface area contributed by atoms with Crippen LogP contribution < -0.4 is 15.6 Å². The van der Waals surface area contributed by atoms with Crippen LogP contribution in [0.3, 0.4) is 0 Å². The molecule has 0 radical (unpaired) electrons. The molecule has 2 aromatic carbocycles. The molecule has 0 fully saturated rings. The van der Waals surface area contributed by atoms with Crippen LogP contribution in [0.15, 0.2) is 63.9 Å². The molecule has 0 saturated carbocycles. The Morgan fingerprint density at radius 3 is 2.79 bits per heavy atom. The topological polar surface area (TPSA) is 84.1 Å². The van der Waals surface area contributed by atoms with Crippen LogP contribution in [-0.2, 0) is 4.79 Å². The minimum atomic E-state index is -0.206. The van der Waals surface area contributed by atoms with Crippen molar-refractivity contribution >= 4 is 27.5 Å². The van der Waals surface area contributed by atoms with Gasteiger partial charge in [0.2, 0.25) is 5.91 Å². The first-order chi connectivity index (χ1) is 13.5. The van der Waals surface area contributed by atoms with Crippen molar-refractivity contribution < 1.29 is 9.53 Å². The Morgan fingerprint density at radius 2 is 2.00 bits per heavy atom. The fourth-order valence-corrected chi connectivity index (χ4v) is 3.06. The Hall–Kier alpha value is -2.93. The summed E-state index contributed by atoms with van der Waals surface area (Å²) in [7, 11) is 0. The van der Waals surface area contributed by atoms with Gasteiger partial charge in [0.1, 0.15) is 11.6 Å². The van der Waals surface area contributed by atoms with E-state index in [4.69, 9.17) is 4.74 Å². The average molecular weight is 442 g/mol. The minimum absolute atomic E-state index is 0.0985. The molecule has 0 aliphatic carbocycles. The number of aromatic nitrogens is 2. The van der Waals surface area contributed by atoms with E-state index in [0.29, 0.717) is 36.7 Å². The smallest absolute Gasteiger partial charge is 0.251 e. The molecule has 0 saturated heterocycles. The average Bonchev–Trinajstić information content (AvgIpc) is 2.66. The van der Waals surface area contributed by atoms with Crippen LogP contribution >= 0.6 is 15.9 Å². The van der Waals surface area contributed by atoms with Crippen molar-refractivity contribution in [1.82, 2.24) is 9.97 Å². The molecule has 2 N–H and O–H groups in total. The highest BCUT2D eigenvalue weighted by atomic mass is 79.9. The molecule has 1 aromatic heterocycles. The third kappa shape index (κ3) is 5.53. The van der Waals surface area contributed by atoms with Crippen molar-refractivity contribution in [3.05, 3.63) is 75.1 Å². The molecule has 7 heteroatoms. The van der Waals surface area contributed by atoms with Crippen LogP contribution in [0.2, 0.25) is 0 Å². The maximum absolute atomic E-state index is 12.2. The second-order valence-electron chi connectivity index (χ2n) is 6.25. The maximum Gasteiger partial charge on any atom is 0.251 e. The number of nitrogens with zero attached hydrogens (tertiary/aromatic N) is 1. The number of H-pyrrole nitrogens is 1. The van der Waals surface area contributed by atoms with Gasteiger partial charge >= 0.3 is 0 Å². The van der Waals surface area contributed by atoms with Crippen molar-refractivity contribution in [3.63, 3.8) is 0 Å². The molecule has 1 heterocycles. The highest BCUT2D eigenvalue weighted by Crippen LogP contribution is 2.24. The molecule has 6 nitrogen and oxygen atoms in total. The van der Waals surface area contributed by atoms with Gasteiger partial charge in [-0.25, -0.2) is 4.98 Å². The van der Waals surface area contributed by atoms with Gasteiger partial charge in [0.05, 0.1) is 11.1 Å². The predicted molar refractivity (Wildman–Crippen MR) is 113 cm³/mol. The normalized spacial score (nSPS) is 10.5. The zero-order chi connectivity index (χ0) is 19.9. The quantitative estimate of drug-likeness (QED) is 0.535. The van der Waals surface area contributed by atoms with E-state index in [-0.39, 0.29) is 11.5 Å². The first-order valence-electron chi connectivity index (χ1n) is 8.87. The number of rotatable bonds is 7. The van der Waals surface area contributed by atoms with Crippen LogP contribution in [-0.4, -0.2) is 22.5 Å². The van der Waals surface area contributed by atoms with Crippen LogP contribution in [0.4, 0.5) is 5.69 Å². The molecule has 28 heavy (non-hydrogen) atoms. The second kappa shape index (κ2) is 9.32. The summed E-state index contributed by atoms with van der Waals surface area (Å²) in [6.45, 7) is 2.21. The van der Waals surface area contributed by atoms with Gasteiger partial charge in [0.15, 0.2) is 0 Å². The Kier molecular flexibility index (Phi) is 6.60. The molecule has 0 spiro atoms. The molecular formula is C21H20BrN3O3. The molecule has 3 rings (SSSR count). The van der Waals surface area contributed by atoms with Crippen LogP contribution in [0.5, 0.6) is 5.75 Å². The number of hydrogen-bond donors (Lipinski definition) is 2. The SMILES string of the molecule is Cc1cc(=O)[nH]c(-c2cccc(NC(=O)CCCOc3ccccc3Br)c2)n1. The molecule has 0 bridgehead atoms. The number of carbonyl (C=O) groups is 1. The minimum Gasteiger partial charge on any atom is -0.492 e. The van der Waals surface area contributed by atoms with Crippen molar-refractivity contribution in [1.29, 1.82) is 0 Å². The van der Waals surface area contributed by atoms with E-state index >= 15 is 0 Å². The number of nitrogens with one attached hydrogen (secondary N) is 2. The summed E-state index contributed by atoms with van der Waals surface area (Å²) in [5.41, 5.74) is 1.81. The molecule has 144 valence electrons. The Morgan fingerprint density at radius 1 is 1.18 bits per heavy atom. The van der Waals surface area contributed by atoms with E-state index in [1.807, 2.05) is 36.4 Å². The van der Waals surface area contributed by atoms with E-state index in [1.54, 1.807) is 19.1 Å². The third-order valence-electron chi connectivity index (χ3n) is 3.93. The number of ether oxygens (including phenoxy) is 1. The van der Waals surface area contributed by atoms with Gasteiger partial charge < -0.3 is 15.0 Å². The third-order valence-corrected chi connectivity index (χ3v) is 4.59. The van der Waals surface area contributed by atoms with E-state index in [9.17, 15) is 9.59 Å². The summed E-state index contributed by atoms with van der Waals surface area (Å²) in [5, 5.41) is 2.87. The van der Waals surface area contributed by atoms with Crippen molar-refractivity contribution in [2.75, 3.05) is 11.9 Å². The van der Waals surface area contributed by atoms with E-state index in [0.717, 1.165) is 15.8 Å². The van der Waals surface area contributed by atoms with Gasteiger partial charge in [0.25, 0.3) is 5.56 Å². The monoisotopic (exact) mass is 441 g/mol. The van der Waals surface area contributed by atoms with Crippen molar-refractivity contribution in [3.8, 4) is 17.1 Å². The number of aryl methyl sites for hydroxylation is 1. The van der Waals surface area contributed by atoms with E-state index in [2.05, 4.69) is 31.2 Å². The summed E-state index contributed by atoms with van der Waals surface area (Å²) in [4.78, 5) is 30.9. The molecule has 0 aliphatic rings. The lowest BCUT2D eigenvalue weighted by Gasteiger charge is -2.09. The lowest BCUT2D eigenvalue weighted by molar-refractivity contribution is -0.116. The maximum atomic E-state index is 12.2. The van der Waals surface area contributed by atoms with E-state index < -0.39 is 0 Å². The Balaban J connectivity index is 1.54. The second-order valence-corrected chi connectivity index (χ2v) is 7.10. The summed E-state index contributed by atoms with van der Waals surface area (Å²) in [6.07, 6.45) is 0.938. The van der Waals surface area contributed by atoms with Gasteiger partial charge in [-0.1, -0.05) is 24.3 Å². The number of amides is 1. The Labute approximate surface area is 171 Å². The fraction of sp³-hybridized carbons (Fsp3) is 0.190. The van der Waals surface area contributed by atoms with Gasteiger partial charge in [-0.3, -0.25) is 9.59 Å². The zero-order valence-corrected chi connectivity index (χ0v) is 17.0. The first kappa shape index (κ1) is 19.8. The van der Waals surface area contributed by atoms with Crippen LogP contribution in [0.25, 0.3) is 11.4 Å². The molecule has 0 atom stereocenters. The largest absolute Gasteiger partial charge is 0.492 e. The van der Waals surface area contributed by atoms with Gasteiger partial charge in [-0.2, -0.15) is 0 Å². The van der Waals surface area contributed by atoms with Crippen LogP contribution in [0, 0.1) is 6.92 Å². The molecule has 3 aromatic rings. The van der Waals surface area contributed by atoms with Gasteiger partial charge in [-0.05, 0) is 53.5 Å². The zero-order valence-electron chi connectivity index (χ0n) is 15.4. The number of carbonyl (C=O) groups excluding carboxylic acids is 1.